The Kier molecular flexibility index (Phi) is 6.37. The molecule has 148 valence electrons. The van der Waals surface area contributed by atoms with Gasteiger partial charge in [-0.05, 0) is 50.1 Å². The SMILES string of the molecule is CC(C)CCNC(=O)C1CC1C(=O)Nc1ccc(N2CCN(C)CC2)cc1. The molecule has 1 aromatic rings. The zero-order chi connectivity index (χ0) is 19.4. The van der Waals surface area contributed by atoms with Gasteiger partial charge in [0.1, 0.15) is 0 Å². The van der Waals surface area contributed by atoms with Gasteiger partial charge in [-0.2, -0.15) is 0 Å². The van der Waals surface area contributed by atoms with E-state index in [1.54, 1.807) is 0 Å². The zero-order valence-electron chi connectivity index (χ0n) is 16.7. The van der Waals surface area contributed by atoms with Crippen LogP contribution in [0, 0.1) is 17.8 Å². The maximum Gasteiger partial charge on any atom is 0.228 e. The molecule has 1 saturated heterocycles. The van der Waals surface area contributed by atoms with Crippen LogP contribution in [0.3, 0.4) is 0 Å². The topological polar surface area (TPSA) is 64.7 Å². The summed E-state index contributed by atoms with van der Waals surface area (Å²) < 4.78 is 0. The summed E-state index contributed by atoms with van der Waals surface area (Å²) in [4.78, 5) is 29.2. The van der Waals surface area contributed by atoms with Crippen molar-refractivity contribution in [3.05, 3.63) is 24.3 Å². The number of hydrogen-bond acceptors (Lipinski definition) is 4. The molecule has 2 atom stereocenters. The van der Waals surface area contributed by atoms with Crippen molar-refractivity contribution in [2.45, 2.75) is 26.7 Å². The first-order chi connectivity index (χ1) is 12.9. The van der Waals surface area contributed by atoms with Gasteiger partial charge in [0.25, 0.3) is 0 Å². The van der Waals surface area contributed by atoms with Crippen LogP contribution in [0.2, 0.25) is 0 Å². The predicted molar refractivity (Wildman–Crippen MR) is 109 cm³/mol. The Hall–Kier alpha value is -2.08. The van der Waals surface area contributed by atoms with E-state index < -0.39 is 0 Å². The number of carbonyl (C=O) groups excluding carboxylic acids is 2. The van der Waals surface area contributed by atoms with Gasteiger partial charge >= 0.3 is 0 Å². The fourth-order valence-corrected chi connectivity index (χ4v) is 3.44. The van der Waals surface area contributed by atoms with E-state index in [9.17, 15) is 9.59 Å². The summed E-state index contributed by atoms with van der Waals surface area (Å²) in [6.07, 6.45) is 1.62. The molecule has 6 heteroatoms. The quantitative estimate of drug-likeness (QED) is 0.770. The minimum atomic E-state index is -0.193. The van der Waals surface area contributed by atoms with Crippen LogP contribution in [0.15, 0.2) is 24.3 Å². The second-order valence-electron chi connectivity index (χ2n) is 8.25. The van der Waals surface area contributed by atoms with Crippen molar-refractivity contribution >= 4 is 23.2 Å². The Morgan fingerprint density at radius 1 is 1.04 bits per heavy atom. The first-order valence-electron chi connectivity index (χ1n) is 10.1. The maximum atomic E-state index is 12.4. The molecule has 6 nitrogen and oxygen atoms in total. The van der Waals surface area contributed by atoms with E-state index >= 15 is 0 Å². The fourth-order valence-electron chi connectivity index (χ4n) is 3.44. The Morgan fingerprint density at radius 3 is 2.30 bits per heavy atom. The van der Waals surface area contributed by atoms with Gasteiger partial charge < -0.3 is 20.4 Å². The number of rotatable bonds is 7. The summed E-state index contributed by atoms with van der Waals surface area (Å²) >= 11 is 0. The summed E-state index contributed by atoms with van der Waals surface area (Å²) in [7, 11) is 2.14. The molecule has 3 rings (SSSR count). The molecule has 0 spiro atoms. The highest BCUT2D eigenvalue weighted by molar-refractivity contribution is 5.99. The van der Waals surface area contributed by atoms with E-state index in [0.29, 0.717) is 18.9 Å². The molecule has 1 aromatic carbocycles. The second kappa shape index (κ2) is 8.74. The third-order valence-corrected chi connectivity index (χ3v) is 5.49. The molecular weight excluding hydrogens is 340 g/mol. The number of nitrogens with one attached hydrogen (secondary N) is 2. The summed E-state index contributed by atoms with van der Waals surface area (Å²) in [6.45, 7) is 9.15. The minimum absolute atomic E-state index is 0.0150. The van der Waals surface area contributed by atoms with Crippen LogP contribution >= 0.6 is 0 Å². The van der Waals surface area contributed by atoms with Crippen LogP contribution in [0.25, 0.3) is 0 Å². The van der Waals surface area contributed by atoms with Gasteiger partial charge in [0.2, 0.25) is 11.8 Å². The Labute approximate surface area is 162 Å². The third kappa shape index (κ3) is 5.45. The normalized spacial score (nSPS) is 22.6. The van der Waals surface area contributed by atoms with Gasteiger partial charge in [-0.3, -0.25) is 9.59 Å². The maximum absolute atomic E-state index is 12.4. The molecule has 2 amide bonds. The number of hydrogen-bond donors (Lipinski definition) is 2. The highest BCUT2D eigenvalue weighted by Crippen LogP contribution is 2.39. The molecule has 2 unspecified atom stereocenters. The smallest absolute Gasteiger partial charge is 0.228 e. The van der Waals surface area contributed by atoms with Crippen LogP contribution in [-0.4, -0.2) is 56.5 Å². The Bertz CT molecular complexity index is 651. The molecule has 1 aliphatic heterocycles. The van der Waals surface area contributed by atoms with E-state index in [2.05, 4.69) is 53.5 Å². The molecule has 0 aromatic heterocycles. The molecule has 1 aliphatic carbocycles. The Morgan fingerprint density at radius 2 is 1.67 bits per heavy atom. The number of benzene rings is 1. The third-order valence-electron chi connectivity index (χ3n) is 5.49. The predicted octanol–water partition coefficient (Wildman–Crippen LogP) is 2.18. The summed E-state index contributed by atoms with van der Waals surface area (Å²) in [5, 5.41) is 5.90. The molecule has 0 radical (unpaired) electrons. The van der Waals surface area contributed by atoms with Crippen LogP contribution in [0.1, 0.15) is 26.7 Å². The highest BCUT2D eigenvalue weighted by atomic mass is 16.2. The van der Waals surface area contributed by atoms with Gasteiger partial charge in [-0.25, -0.2) is 0 Å². The van der Waals surface area contributed by atoms with Crippen LogP contribution in [0.5, 0.6) is 0 Å². The van der Waals surface area contributed by atoms with Gasteiger partial charge in [-0.15, -0.1) is 0 Å². The lowest BCUT2D eigenvalue weighted by molar-refractivity contribution is -0.125. The van der Waals surface area contributed by atoms with Gasteiger partial charge in [0.15, 0.2) is 0 Å². The molecule has 1 heterocycles. The van der Waals surface area contributed by atoms with Crippen LogP contribution in [0.4, 0.5) is 11.4 Å². The van der Waals surface area contributed by atoms with Crippen LogP contribution < -0.4 is 15.5 Å². The molecule has 0 bridgehead atoms. The molecule has 2 N–H and O–H groups in total. The number of amides is 2. The lowest BCUT2D eigenvalue weighted by Crippen LogP contribution is -2.44. The molecule has 2 aliphatic rings. The van der Waals surface area contributed by atoms with Gasteiger partial charge in [-0.1, -0.05) is 13.8 Å². The van der Waals surface area contributed by atoms with Crippen molar-refractivity contribution in [3.8, 4) is 0 Å². The molecule has 1 saturated carbocycles. The first kappa shape index (κ1) is 19.7. The lowest BCUT2D eigenvalue weighted by atomic mass is 10.1. The first-order valence-corrected chi connectivity index (χ1v) is 10.1. The van der Waals surface area contributed by atoms with Crippen LogP contribution in [-0.2, 0) is 9.59 Å². The number of nitrogens with zero attached hydrogens (tertiary/aromatic N) is 2. The number of likely N-dealkylation sites (N-methyl/N-ethyl adjacent to an activating group) is 1. The van der Waals surface area contributed by atoms with Gasteiger partial charge in [0, 0.05) is 44.1 Å². The fraction of sp³-hybridized carbons (Fsp3) is 0.619. The van der Waals surface area contributed by atoms with Crippen molar-refractivity contribution in [2.75, 3.05) is 50.0 Å². The van der Waals surface area contributed by atoms with E-state index in [1.165, 1.54) is 5.69 Å². The monoisotopic (exact) mass is 372 g/mol. The summed E-state index contributed by atoms with van der Waals surface area (Å²) in [5.41, 5.74) is 1.98. The molecular formula is C21H32N4O2. The number of carbonyl (C=O) groups is 2. The number of piperazine rings is 1. The highest BCUT2D eigenvalue weighted by Gasteiger charge is 2.47. The number of anilines is 2. The van der Waals surface area contributed by atoms with Crippen molar-refractivity contribution in [3.63, 3.8) is 0 Å². The molecule has 2 fully saturated rings. The standard InChI is InChI=1S/C21H32N4O2/c1-15(2)8-9-22-20(26)18-14-19(18)21(27)23-16-4-6-17(7-5-16)25-12-10-24(3)11-13-25/h4-7,15,18-19H,8-14H2,1-3H3,(H,22,26)(H,23,27). The van der Waals surface area contributed by atoms with E-state index in [4.69, 9.17) is 0 Å². The summed E-state index contributed by atoms with van der Waals surface area (Å²) in [6, 6.07) is 8.02. The van der Waals surface area contributed by atoms with E-state index in [0.717, 1.165) is 38.3 Å². The second-order valence-corrected chi connectivity index (χ2v) is 8.25. The Balaban J connectivity index is 1.44. The summed E-state index contributed by atoms with van der Waals surface area (Å²) in [5.74, 6) is 0.174. The van der Waals surface area contributed by atoms with Crippen molar-refractivity contribution < 1.29 is 9.59 Å². The zero-order valence-corrected chi connectivity index (χ0v) is 16.7. The molecule has 27 heavy (non-hydrogen) atoms. The van der Waals surface area contributed by atoms with Crippen molar-refractivity contribution in [1.82, 2.24) is 10.2 Å². The van der Waals surface area contributed by atoms with Crippen molar-refractivity contribution in [2.24, 2.45) is 17.8 Å². The minimum Gasteiger partial charge on any atom is -0.369 e. The lowest BCUT2D eigenvalue weighted by Gasteiger charge is -2.34. The van der Waals surface area contributed by atoms with Crippen molar-refractivity contribution in [1.29, 1.82) is 0 Å². The van der Waals surface area contributed by atoms with Gasteiger partial charge in [0.05, 0.1) is 11.8 Å². The van der Waals surface area contributed by atoms with E-state index in [-0.39, 0.29) is 23.7 Å². The van der Waals surface area contributed by atoms with E-state index in [1.807, 2.05) is 12.1 Å². The average Bonchev–Trinajstić information content (AvgIpc) is 3.44. The largest absolute Gasteiger partial charge is 0.369 e. The average molecular weight is 373 g/mol.